The zero-order valence-corrected chi connectivity index (χ0v) is 27.8. The van der Waals surface area contributed by atoms with Crippen LogP contribution < -0.4 is 9.62 Å². The second kappa shape index (κ2) is 12.0. The number of aliphatic hydroxyl groups excluding tert-OH is 2. The Hall–Kier alpha value is -1.91. The Labute approximate surface area is 263 Å². The van der Waals surface area contributed by atoms with E-state index in [9.17, 15) is 23.4 Å². The van der Waals surface area contributed by atoms with Crippen LogP contribution in [-0.2, 0) is 14.8 Å². The molecule has 1 aliphatic heterocycles. The first-order valence-corrected chi connectivity index (χ1v) is 18.6. The minimum atomic E-state index is -4.10. The van der Waals surface area contributed by atoms with E-state index in [0.717, 1.165) is 76.7 Å². The van der Waals surface area contributed by atoms with Crippen molar-refractivity contribution < 1.29 is 28.2 Å². The fraction of sp³-hybridized carbons (Fsp3) is 0.824. The summed E-state index contributed by atoms with van der Waals surface area (Å²) in [6, 6.07) is 3.19. The molecule has 246 valence electrons. The van der Waals surface area contributed by atoms with Gasteiger partial charge in [-0.15, -0.1) is 0 Å². The molecule has 1 amide bonds. The molecule has 5 fully saturated rings. The van der Waals surface area contributed by atoms with Crippen LogP contribution in [0.15, 0.2) is 23.2 Å². The average molecular weight is 632 g/mol. The van der Waals surface area contributed by atoms with Crippen LogP contribution >= 0.6 is 0 Å². The number of rotatable bonds is 6. The number of hydrogen-bond donors (Lipinski definition) is 3. The SMILES string of the molecule is C[C@H](COC(=O)NS(=O)(=O)c1ccc(N2CCCCC2)nc1)C1CC[C@H]2[C@@H]3[C@H](O)[C@H](C)C4C[C@H](O)CCC4(C)[C@H]3CCC12C. The van der Waals surface area contributed by atoms with Gasteiger partial charge in [0.05, 0.1) is 18.8 Å². The van der Waals surface area contributed by atoms with Gasteiger partial charge in [-0.05, 0) is 129 Å². The maximum atomic E-state index is 12.9. The van der Waals surface area contributed by atoms with Crippen molar-refractivity contribution in [3.05, 3.63) is 18.3 Å². The molecule has 1 saturated heterocycles. The molecule has 5 aliphatic rings. The minimum Gasteiger partial charge on any atom is -0.449 e. The van der Waals surface area contributed by atoms with E-state index in [1.165, 1.54) is 18.7 Å². The first-order valence-electron chi connectivity index (χ1n) is 17.1. The van der Waals surface area contributed by atoms with Gasteiger partial charge in [0.1, 0.15) is 10.7 Å². The molecule has 0 bridgehead atoms. The van der Waals surface area contributed by atoms with Crippen LogP contribution in [0.25, 0.3) is 0 Å². The van der Waals surface area contributed by atoms with Crippen LogP contribution in [0.5, 0.6) is 0 Å². The lowest BCUT2D eigenvalue weighted by Crippen LogP contribution is -2.61. The number of anilines is 1. The summed E-state index contributed by atoms with van der Waals surface area (Å²) in [5, 5.41) is 22.2. The maximum absolute atomic E-state index is 12.9. The van der Waals surface area contributed by atoms with Gasteiger partial charge >= 0.3 is 6.09 Å². The van der Waals surface area contributed by atoms with E-state index in [2.05, 4.69) is 42.3 Å². The molecule has 10 heteroatoms. The zero-order chi connectivity index (χ0) is 31.4. The molecular formula is C34H53N3O6S. The first kappa shape index (κ1) is 32.0. The number of aromatic nitrogens is 1. The maximum Gasteiger partial charge on any atom is 0.421 e. The van der Waals surface area contributed by atoms with Gasteiger partial charge in [-0.1, -0.05) is 27.7 Å². The second-order valence-electron chi connectivity index (χ2n) is 15.5. The number of fused-ring (bicyclic) bond motifs is 5. The van der Waals surface area contributed by atoms with Gasteiger partial charge in [0.15, 0.2) is 0 Å². The van der Waals surface area contributed by atoms with Gasteiger partial charge < -0.3 is 19.8 Å². The van der Waals surface area contributed by atoms with E-state index in [0.29, 0.717) is 23.7 Å². The Morgan fingerprint density at radius 2 is 1.75 bits per heavy atom. The molecule has 9 nitrogen and oxygen atoms in total. The molecular weight excluding hydrogens is 578 g/mol. The summed E-state index contributed by atoms with van der Waals surface area (Å²) in [6.45, 7) is 11.1. The highest BCUT2D eigenvalue weighted by atomic mass is 32.2. The summed E-state index contributed by atoms with van der Waals surface area (Å²) in [7, 11) is -4.10. The van der Waals surface area contributed by atoms with Crippen LogP contribution in [0.2, 0.25) is 0 Å². The lowest BCUT2D eigenvalue weighted by molar-refractivity contribution is -0.199. The summed E-state index contributed by atoms with van der Waals surface area (Å²) < 4.78 is 33.4. The molecule has 0 spiro atoms. The van der Waals surface area contributed by atoms with Crippen LogP contribution in [0.1, 0.15) is 91.9 Å². The molecule has 4 aliphatic carbocycles. The molecule has 11 atom stereocenters. The molecule has 2 heterocycles. The van der Waals surface area contributed by atoms with Gasteiger partial charge in [0.25, 0.3) is 10.0 Å². The van der Waals surface area contributed by atoms with Crippen molar-refractivity contribution in [3.8, 4) is 0 Å². The highest BCUT2D eigenvalue weighted by molar-refractivity contribution is 7.90. The van der Waals surface area contributed by atoms with E-state index in [-0.39, 0.29) is 52.3 Å². The third kappa shape index (κ3) is 5.55. The number of ether oxygens (including phenoxy) is 1. The van der Waals surface area contributed by atoms with Crippen molar-refractivity contribution >= 4 is 21.9 Å². The van der Waals surface area contributed by atoms with Gasteiger partial charge in [-0.3, -0.25) is 0 Å². The number of amides is 1. The quantitative estimate of drug-likeness (QED) is 0.383. The highest BCUT2D eigenvalue weighted by Crippen LogP contribution is 2.69. The number of carbonyl (C=O) groups excluding carboxylic acids is 1. The molecule has 0 radical (unpaired) electrons. The summed E-state index contributed by atoms with van der Waals surface area (Å²) >= 11 is 0. The van der Waals surface area contributed by atoms with Crippen LogP contribution in [0.4, 0.5) is 10.6 Å². The summed E-state index contributed by atoms with van der Waals surface area (Å²) in [5.74, 6) is 2.78. The monoisotopic (exact) mass is 631 g/mol. The number of sulfonamides is 1. The Morgan fingerprint density at radius 3 is 2.45 bits per heavy atom. The van der Waals surface area contributed by atoms with Crippen molar-refractivity contribution in [2.24, 2.45) is 52.3 Å². The molecule has 1 aromatic heterocycles. The van der Waals surface area contributed by atoms with Crippen molar-refractivity contribution in [2.45, 2.75) is 109 Å². The Bertz CT molecular complexity index is 1300. The molecule has 4 saturated carbocycles. The lowest BCUT2D eigenvalue weighted by Gasteiger charge is -2.64. The van der Waals surface area contributed by atoms with Crippen molar-refractivity contribution in [1.29, 1.82) is 0 Å². The molecule has 1 aromatic rings. The molecule has 6 rings (SSSR count). The third-order valence-electron chi connectivity index (χ3n) is 13.3. The second-order valence-corrected chi connectivity index (χ2v) is 17.2. The van der Waals surface area contributed by atoms with E-state index in [4.69, 9.17) is 4.74 Å². The number of hydrogen-bond acceptors (Lipinski definition) is 8. The summed E-state index contributed by atoms with van der Waals surface area (Å²) in [6.07, 6.45) is 10.1. The van der Waals surface area contributed by atoms with Crippen LogP contribution in [0, 0.1) is 52.3 Å². The number of nitrogens with zero attached hydrogens (tertiary/aromatic N) is 2. The predicted molar refractivity (Wildman–Crippen MR) is 168 cm³/mol. The van der Waals surface area contributed by atoms with Gasteiger partial charge in [-0.25, -0.2) is 22.9 Å². The molecule has 0 aromatic carbocycles. The largest absolute Gasteiger partial charge is 0.449 e. The first-order chi connectivity index (χ1) is 20.8. The van der Waals surface area contributed by atoms with Crippen LogP contribution in [-0.4, -0.2) is 61.6 Å². The normalized spacial score (nSPS) is 41.2. The van der Waals surface area contributed by atoms with Gasteiger partial charge in [0, 0.05) is 19.3 Å². The van der Waals surface area contributed by atoms with Crippen molar-refractivity contribution in [1.82, 2.24) is 9.71 Å². The highest BCUT2D eigenvalue weighted by Gasteiger charge is 2.64. The third-order valence-corrected chi connectivity index (χ3v) is 14.6. The van der Waals surface area contributed by atoms with Gasteiger partial charge in [0.2, 0.25) is 0 Å². The fourth-order valence-electron chi connectivity index (χ4n) is 11.0. The average Bonchev–Trinajstić information content (AvgIpc) is 3.37. The minimum absolute atomic E-state index is 0.0341. The number of aliphatic hydroxyl groups is 2. The molecule has 3 N–H and O–H groups in total. The number of carbonyl (C=O) groups is 1. The number of nitrogens with one attached hydrogen (secondary N) is 1. The van der Waals surface area contributed by atoms with E-state index in [1.54, 1.807) is 6.07 Å². The van der Waals surface area contributed by atoms with Crippen molar-refractivity contribution in [3.63, 3.8) is 0 Å². The van der Waals surface area contributed by atoms with Crippen LogP contribution in [0.3, 0.4) is 0 Å². The van der Waals surface area contributed by atoms with Gasteiger partial charge in [-0.2, -0.15) is 0 Å². The topological polar surface area (TPSA) is 129 Å². The lowest BCUT2D eigenvalue weighted by atomic mass is 9.42. The summed E-state index contributed by atoms with van der Waals surface area (Å²) in [4.78, 5) is 19.1. The Kier molecular flexibility index (Phi) is 8.76. The zero-order valence-electron chi connectivity index (χ0n) is 27.0. The predicted octanol–water partition coefficient (Wildman–Crippen LogP) is 5.36. The van der Waals surface area contributed by atoms with E-state index >= 15 is 0 Å². The standard InChI is InChI=1S/C34H53N3O6S/c1-21(20-43-32(40)36-44(41,42)24-8-11-29(35-19-24)37-16-6-5-7-17-37)25-9-10-26-30-27(13-15-33(25,26)3)34(4)14-12-23(38)18-28(34)22(2)31(30)39/h8,11,19,21-23,25-28,30-31,38-39H,5-7,9-10,12-18,20H2,1-4H3,(H,36,40)/t21-,22-,23-,25?,26+,27+,28?,30+,31-,33?,34?/m1/s1. The van der Waals surface area contributed by atoms with E-state index < -0.39 is 16.1 Å². The van der Waals surface area contributed by atoms with Crippen molar-refractivity contribution in [2.75, 3.05) is 24.6 Å². The molecule has 44 heavy (non-hydrogen) atoms. The smallest absolute Gasteiger partial charge is 0.421 e. The number of piperidine rings is 1. The fourth-order valence-corrected chi connectivity index (χ4v) is 11.8. The van der Waals surface area contributed by atoms with E-state index in [1.807, 2.05) is 0 Å². The molecule has 4 unspecified atom stereocenters. The Morgan fingerprint density at radius 1 is 1.05 bits per heavy atom. The number of pyridine rings is 1. The summed E-state index contributed by atoms with van der Waals surface area (Å²) in [5.41, 5.74) is 0.190. The Balaban J connectivity index is 1.07.